The zero-order chi connectivity index (χ0) is 14.7. The summed E-state index contributed by atoms with van der Waals surface area (Å²) in [5.74, 6) is -1.57. The lowest BCUT2D eigenvalue weighted by atomic mass is 10.2. The van der Waals surface area contributed by atoms with Crippen LogP contribution in [0.25, 0.3) is 0 Å². The molecular weight excluding hydrogens is 267 g/mol. The van der Waals surface area contributed by atoms with E-state index in [1.165, 1.54) is 24.1 Å². The summed E-state index contributed by atoms with van der Waals surface area (Å²) in [5.41, 5.74) is 1.41. The summed E-state index contributed by atoms with van der Waals surface area (Å²) in [6, 6.07) is 3.84. The van der Waals surface area contributed by atoms with Crippen LogP contribution in [-0.2, 0) is 16.0 Å². The Morgan fingerprint density at radius 1 is 1.55 bits per heavy atom. The first-order valence-electron chi connectivity index (χ1n) is 6.12. The summed E-state index contributed by atoms with van der Waals surface area (Å²) >= 11 is 0. The van der Waals surface area contributed by atoms with Gasteiger partial charge >= 0.3 is 12.0 Å². The molecule has 0 radical (unpaired) electrons. The van der Waals surface area contributed by atoms with E-state index in [4.69, 9.17) is 9.84 Å². The Kier molecular flexibility index (Phi) is 4.19. The van der Waals surface area contributed by atoms with Crippen molar-refractivity contribution >= 4 is 17.7 Å². The van der Waals surface area contributed by atoms with Crippen molar-refractivity contribution in [2.45, 2.75) is 12.5 Å². The van der Waals surface area contributed by atoms with Gasteiger partial charge in [-0.2, -0.15) is 0 Å². The Balaban J connectivity index is 2.02. The van der Waals surface area contributed by atoms with E-state index in [2.05, 4.69) is 5.32 Å². The zero-order valence-corrected chi connectivity index (χ0v) is 10.9. The number of carboxylic acids is 1. The highest BCUT2D eigenvalue weighted by atomic mass is 19.1. The molecule has 0 fully saturated rings. The predicted molar refractivity (Wildman–Crippen MR) is 69.3 cm³/mol. The Hall–Kier alpha value is -2.15. The molecule has 0 saturated heterocycles. The molecule has 1 heterocycles. The van der Waals surface area contributed by atoms with Gasteiger partial charge in [0, 0.05) is 13.7 Å². The number of nitrogens with zero attached hydrogens (tertiary/aromatic N) is 1. The highest BCUT2D eigenvalue weighted by Crippen LogP contribution is 2.28. The lowest BCUT2D eigenvalue weighted by Gasteiger charge is -2.19. The van der Waals surface area contributed by atoms with Crippen molar-refractivity contribution in [1.29, 1.82) is 0 Å². The second kappa shape index (κ2) is 5.87. The minimum atomic E-state index is -1.15. The van der Waals surface area contributed by atoms with Crippen LogP contribution >= 0.6 is 0 Å². The smallest absolute Gasteiger partial charge is 0.334 e. The highest BCUT2D eigenvalue weighted by Gasteiger charge is 2.26. The first-order chi connectivity index (χ1) is 9.52. The van der Waals surface area contributed by atoms with Crippen LogP contribution in [0.15, 0.2) is 18.2 Å². The van der Waals surface area contributed by atoms with E-state index in [9.17, 15) is 14.0 Å². The predicted octanol–water partition coefficient (Wildman–Crippen LogP) is 0.997. The number of benzene rings is 1. The molecule has 0 spiro atoms. The minimum Gasteiger partial charge on any atom is -0.479 e. The fourth-order valence-corrected chi connectivity index (χ4v) is 2.11. The van der Waals surface area contributed by atoms with Crippen molar-refractivity contribution in [2.75, 3.05) is 25.1 Å². The first-order valence-corrected chi connectivity index (χ1v) is 6.12. The average molecular weight is 282 g/mol. The molecule has 0 aromatic heterocycles. The van der Waals surface area contributed by atoms with Crippen molar-refractivity contribution in [3.8, 4) is 0 Å². The van der Waals surface area contributed by atoms with Crippen LogP contribution in [0, 0.1) is 5.82 Å². The third-order valence-electron chi connectivity index (χ3n) is 3.19. The molecule has 0 aliphatic carbocycles. The molecule has 1 aliphatic rings. The molecule has 1 aromatic rings. The molecule has 7 heteroatoms. The Morgan fingerprint density at radius 2 is 2.30 bits per heavy atom. The average Bonchev–Trinajstić information content (AvgIpc) is 2.81. The fourth-order valence-electron chi connectivity index (χ4n) is 2.11. The summed E-state index contributed by atoms with van der Waals surface area (Å²) in [5, 5.41) is 11.3. The number of anilines is 1. The summed E-state index contributed by atoms with van der Waals surface area (Å²) in [4.78, 5) is 24.2. The summed E-state index contributed by atoms with van der Waals surface area (Å²) in [6.07, 6.45) is -0.455. The van der Waals surface area contributed by atoms with Crippen LogP contribution in [0.2, 0.25) is 0 Å². The summed E-state index contributed by atoms with van der Waals surface area (Å²) < 4.78 is 17.9. The van der Waals surface area contributed by atoms with E-state index in [0.29, 0.717) is 18.7 Å². The molecule has 2 rings (SSSR count). The minimum absolute atomic E-state index is 0.147. The quantitative estimate of drug-likeness (QED) is 0.863. The molecule has 20 heavy (non-hydrogen) atoms. The highest BCUT2D eigenvalue weighted by molar-refractivity contribution is 5.94. The normalized spacial score (nSPS) is 14.8. The Morgan fingerprint density at radius 3 is 2.95 bits per heavy atom. The van der Waals surface area contributed by atoms with Gasteiger partial charge in [-0.05, 0) is 24.1 Å². The topological polar surface area (TPSA) is 78.9 Å². The van der Waals surface area contributed by atoms with Crippen molar-refractivity contribution < 1.29 is 23.8 Å². The third kappa shape index (κ3) is 2.88. The number of fused-ring (bicyclic) bond motifs is 1. The number of hydrogen-bond acceptors (Lipinski definition) is 3. The van der Waals surface area contributed by atoms with Gasteiger partial charge in [-0.15, -0.1) is 0 Å². The maximum Gasteiger partial charge on any atom is 0.334 e. The van der Waals surface area contributed by atoms with E-state index < -0.39 is 23.9 Å². The molecule has 6 nitrogen and oxygen atoms in total. The van der Waals surface area contributed by atoms with E-state index >= 15 is 0 Å². The molecule has 2 N–H and O–H groups in total. The van der Waals surface area contributed by atoms with Crippen LogP contribution in [0.5, 0.6) is 0 Å². The number of carboxylic acid groups (broad SMARTS) is 1. The van der Waals surface area contributed by atoms with Crippen LogP contribution in [0.3, 0.4) is 0 Å². The van der Waals surface area contributed by atoms with Crippen LogP contribution in [0.4, 0.5) is 14.9 Å². The monoisotopic (exact) mass is 282 g/mol. The van der Waals surface area contributed by atoms with Gasteiger partial charge in [0.15, 0.2) is 6.10 Å². The molecule has 108 valence electrons. The largest absolute Gasteiger partial charge is 0.479 e. The van der Waals surface area contributed by atoms with Gasteiger partial charge in [-0.1, -0.05) is 6.07 Å². The van der Waals surface area contributed by atoms with Crippen molar-refractivity contribution in [3.05, 3.63) is 29.6 Å². The maximum atomic E-state index is 13.2. The maximum absolute atomic E-state index is 13.2. The van der Waals surface area contributed by atoms with Crippen molar-refractivity contribution in [1.82, 2.24) is 5.32 Å². The molecule has 0 saturated carbocycles. The lowest BCUT2D eigenvalue weighted by Crippen LogP contribution is -2.44. The zero-order valence-electron chi connectivity index (χ0n) is 10.9. The number of amides is 2. The number of nitrogens with one attached hydrogen (secondary N) is 1. The number of ether oxygens (including phenoxy) is 1. The van der Waals surface area contributed by atoms with E-state index in [-0.39, 0.29) is 6.54 Å². The number of carbonyl (C=O) groups is 2. The van der Waals surface area contributed by atoms with Crippen LogP contribution in [-0.4, -0.2) is 43.4 Å². The Bertz CT molecular complexity index is 535. The molecular formula is C13H15FN2O4. The molecule has 1 atom stereocenters. The van der Waals surface area contributed by atoms with E-state index in [0.717, 1.165) is 5.56 Å². The van der Waals surface area contributed by atoms with E-state index in [1.807, 2.05) is 0 Å². The van der Waals surface area contributed by atoms with Gasteiger partial charge in [-0.3, -0.25) is 4.90 Å². The molecule has 1 aliphatic heterocycles. The number of hydrogen-bond donors (Lipinski definition) is 2. The van der Waals surface area contributed by atoms with Crippen LogP contribution in [0.1, 0.15) is 5.56 Å². The summed E-state index contributed by atoms with van der Waals surface area (Å²) in [6.45, 7) is 0.293. The van der Waals surface area contributed by atoms with Gasteiger partial charge in [0.1, 0.15) is 5.82 Å². The van der Waals surface area contributed by atoms with Gasteiger partial charge in [0.25, 0.3) is 0 Å². The number of rotatable bonds is 4. The van der Waals surface area contributed by atoms with E-state index in [1.54, 1.807) is 6.07 Å². The summed E-state index contributed by atoms with van der Waals surface area (Å²) in [7, 11) is 1.26. The standard InChI is InChI=1S/C13H15FN2O4/c1-20-11(12(17)18)7-15-13(19)16-5-4-8-2-3-9(14)6-10(8)16/h2-3,6,11H,4-5,7H2,1H3,(H,15,19)(H,17,18). The van der Waals surface area contributed by atoms with Gasteiger partial charge in [0.05, 0.1) is 12.2 Å². The molecule has 1 aromatic carbocycles. The molecule has 1 unspecified atom stereocenters. The number of carbonyl (C=O) groups excluding carboxylic acids is 1. The van der Waals surface area contributed by atoms with Crippen LogP contribution < -0.4 is 10.2 Å². The van der Waals surface area contributed by atoms with Gasteiger partial charge in [-0.25, -0.2) is 14.0 Å². The SMILES string of the molecule is COC(CNC(=O)N1CCc2ccc(F)cc21)C(=O)O. The molecule has 2 amide bonds. The van der Waals surface area contributed by atoms with Crippen molar-refractivity contribution in [3.63, 3.8) is 0 Å². The lowest BCUT2D eigenvalue weighted by molar-refractivity contribution is -0.147. The van der Waals surface area contributed by atoms with Gasteiger partial charge in [0.2, 0.25) is 0 Å². The number of urea groups is 1. The third-order valence-corrected chi connectivity index (χ3v) is 3.19. The first kappa shape index (κ1) is 14.3. The number of halogens is 1. The number of methoxy groups -OCH3 is 1. The second-order valence-corrected chi connectivity index (χ2v) is 4.42. The molecule has 0 bridgehead atoms. The number of aliphatic carboxylic acids is 1. The fraction of sp³-hybridized carbons (Fsp3) is 0.385. The van der Waals surface area contributed by atoms with Gasteiger partial charge < -0.3 is 15.2 Å². The Labute approximate surface area is 115 Å². The second-order valence-electron chi connectivity index (χ2n) is 4.42. The van der Waals surface area contributed by atoms with Crippen molar-refractivity contribution in [2.24, 2.45) is 0 Å².